The summed E-state index contributed by atoms with van der Waals surface area (Å²) in [5.74, 6) is 0.515. The minimum absolute atomic E-state index is 0.122. The van der Waals surface area contributed by atoms with Gasteiger partial charge in [0.2, 0.25) is 0 Å². The normalized spacial score (nSPS) is 23.7. The molecule has 1 rings (SSSR count). The van der Waals surface area contributed by atoms with Crippen molar-refractivity contribution in [2.75, 3.05) is 53.4 Å². The predicted octanol–water partition coefficient (Wildman–Crippen LogP) is 1.23. The fraction of sp³-hybridized carbons (Fsp3) is 1.00. The van der Waals surface area contributed by atoms with Gasteiger partial charge in [0.05, 0.1) is 45.7 Å². The lowest BCUT2D eigenvalue weighted by atomic mass is 9.88. The summed E-state index contributed by atoms with van der Waals surface area (Å²) in [5.41, 5.74) is 0. The standard InChI is InChI=1S/C14H28O5/c1-16-5-6-17-7-8-18-9-10-19-12-13-3-2-4-14(15)11-13/h13-15H,2-12H2,1H3/t13?,14-/m1/s1. The smallest absolute Gasteiger partial charge is 0.0701 e. The molecule has 0 bridgehead atoms. The Labute approximate surface area is 116 Å². The number of rotatable bonds is 11. The van der Waals surface area contributed by atoms with Gasteiger partial charge in [0.25, 0.3) is 0 Å². The van der Waals surface area contributed by atoms with Crippen LogP contribution in [-0.2, 0) is 18.9 Å². The van der Waals surface area contributed by atoms with Gasteiger partial charge >= 0.3 is 0 Å². The molecular formula is C14H28O5. The van der Waals surface area contributed by atoms with Crippen LogP contribution in [0.2, 0.25) is 0 Å². The monoisotopic (exact) mass is 276 g/mol. The van der Waals surface area contributed by atoms with Crippen molar-refractivity contribution in [1.82, 2.24) is 0 Å². The summed E-state index contributed by atoms with van der Waals surface area (Å²) < 4.78 is 21.1. The summed E-state index contributed by atoms with van der Waals surface area (Å²) in [6.45, 7) is 4.38. The number of aliphatic hydroxyl groups is 1. The molecule has 0 aliphatic heterocycles. The molecule has 0 amide bonds. The third kappa shape index (κ3) is 9.35. The predicted molar refractivity (Wildman–Crippen MR) is 72.3 cm³/mol. The molecule has 0 spiro atoms. The van der Waals surface area contributed by atoms with E-state index in [4.69, 9.17) is 18.9 Å². The van der Waals surface area contributed by atoms with Crippen LogP contribution in [0.15, 0.2) is 0 Å². The summed E-state index contributed by atoms with van der Waals surface area (Å²) in [7, 11) is 1.66. The number of hydrogen-bond acceptors (Lipinski definition) is 5. The summed E-state index contributed by atoms with van der Waals surface area (Å²) in [6, 6.07) is 0. The van der Waals surface area contributed by atoms with Crippen LogP contribution in [0, 0.1) is 5.92 Å². The summed E-state index contributed by atoms with van der Waals surface area (Å²) in [4.78, 5) is 0. The van der Waals surface area contributed by atoms with Crippen molar-refractivity contribution < 1.29 is 24.1 Å². The van der Waals surface area contributed by atoms with E-state index in [0.717, 1.165) is 25.9 Å². The van der Waals surface area contributed by atoms with E-state index in [0.29, 0.717) is 45.6 Å². The van der Waals surface area contributed by atoms with Gasteiger partial charge in [-0.1, -0.05) is 6.42 Å². The van der Waals surface area contributed by atoms with Gasteiger partial charge < -0.3 is 24.1 Å². The molecule has 0 saturated heterocycles. The largest absolute Gasteiger partial charge is 0.393 e. The van der Waals surface area contributed by atoms with E-state index in [9.17, 15) is 5.11 Å². The zero-order valence-electron chi connectivity index (χ0n) is 12.0. The second-order valence-electron chi connectivity index (χ2n) is 4.98. The highest BCUT2D eigenvalue weighted by molar-refractivity contribution is 4.71. The minimum Gasteiger partial charge on any atom is -0.393 e. The number of aliphatic hydroxyl groups excluding tert-OH is 1. The Kier molecular flexibility index (Phi) is 10.3. The zero-order chi connectivity index (χ0) is 13.8. The third-order valence-electron chi connectivity index (χ3n) is 3.28. The van der Waals surface area contributed by atoms with E-state index in [1.165, 1.54) is 6.42 Å². The Morgan fingerprint density at radius 2 is 1.53 bits per heavy atom. The van der Waals surface area contributed by atoms with Crippen molar-refractivity contribution in [3.8, 4) is 0 Å². The van der Waals surface area contributed by atoms with Crippen LogP contribution in [0.25, 0.3) is 0 Å². The maximum atomic E-state index is 9.54. The molecule has 1 fully saturated rings. The SMILES string of the molecule is COCCOCCOCCOCC1CCC[C@@H](O)C1. The van der Waals surface area contributed by atoms with Gasteiger partial charge in [-0.2, -0.15) is 0 Å². The molecule has 1 saturated carbocycles. The van der Waals surface area contributed by atoms with Gasteiger partial charge in [-0.3, -0.25) is 0 Å². The maximum Gasteiger partial charge on any atom is 0.0701 e. The fourth-order valence-electron chi connectivity index (χ4n) is 2.25. The van der Waals surface area contributed by atoms with Crippen LogP contribution >= 0.6 is 0 Å². The second kappa shape index (κ2) is 11.6. The lowest BCUT2D eigenvalue weighted by Gasteiger charge is -2.25. The number of methoxy groups -OCH3 is 1. The molecule has 2 atom stereocenters. The van der Waals surface area contributed by atoms with Crippen molar-refractivity contribution in [3.05, 3.63) is 0 Å². The first-order valence-corrected chi connectivity index (χ1v) is 7.23. The molecule has 0 aromatic heterocycles. The molecule has 0 aromatic rings. The molecule has 5 heteroatoms. The first-order chi connectivity index (χ1) is 9.33. The van der Waals surface area contributed by atoms with Crippen molar-refractivity contribution >= 4 is 0 Å². The van der Waals surface area contributed by atoms with E-state index in [2.05, 4.69) is 0 Å². The lowest BCUT2D eigenvalue weighted by Crippen LogP contribution is -2.23. The fourth-order valence-corrected chi connectivity index (χ4v) is 2.25. The quantitative estimate of drug-likeness (QED) is 0.575. The second-order valence-corrected chi connectivity index (χ2v) is 4.98. The van der Waals surface area contributed by atoms with Crippen LogP contribution in [-0.4, -0.2) is 64.6 Å². The topological polar surface area (TPSA) is 57.2 Å². The van der Waals surface area contributed by atoms with E-state index >= 15 is 0 Å². The van der Waals surface area contributed by atoms with Crippen molar-refractivity contribution in [2.45, 2.75) is 31.8 Å². The Hall–Kier alpha value is -0.200. The Morgan fingerprint density at radius 3 is 2.16 bits per heavy atom. The maximum absolute atomic E-state index is 9.54. The van der Waals surface area contributed by atoms with Gasteiger partial charge in [-0.05, 0) is 25.2 Å². The molecule has 5 nitrogen and oxygen atoms in total. The molecule has 0 heterocycles. The van der Waals surface area contributed by atoms with Gasteiger partial charge in [0, 0.05) is 13.7 Å². The lowest BCUT2D eigenvalue weighted by molar-refractivity contribution is -0.00947. The minimum atomic E-state index is -0.122. The first kappa shape index (κ1) is 16.9. The van der Waals surface area contributed by atoms with Crippen LogP contribution in [0.5, 0.6) is 0 Å². The van der Waals surface area contributed by atoms with Crippen LogP contribution in [0.3, 0.4) is 0 Å². The van der Waals surface area contributed by atoms with Crippen LogP contribution < -0.4 is 0 Å². The highest BCUT2D eigenvalue weighted by atomic mass is 16.6. The summed E-state index contributed by atoms with van der Waals surface area (Å²) in [5, 5.41) is 9.54. The Bertz CT molecular complexity index is 200. The third-order valence-corrected chi connectivity index (χ3v) is 3.28. The molecule has 1 aliphatic rings. The molecule has 0 radical (unpaired) electrons. The highest BCUT2D eigenvalue weighted by Gasteiger charge is 2.19. The average molecular weight is 276 g/mol. The Morgan fingerprint density at radius 1 is 0.895 bits per heavy atom. The first-order valence-electron chi connectivity index (χ1n) is 7.23. The summed E-state index contributed by atoms with van der Waals surface area (Å²) in [6.07, 6.45) is 4.00. The number of ether oxygens (including phenoxy) is 4. The molecule has 1 unspecified atom stereocenters. The van der Waals surface area contributed by atoms with Crippen molar-refractivity contribution in [1.29, 1.82) is 0 Å². The zero-order valence-corrected chi connectivity index (χ0v) is 12.0. The molecule has 1 aliphatic carbocycles. The molecule has 0 aromatic carbocycles. The molecule has 1 N–H and O–H groups in total. The van der Waals surface area contributed by atoms with Gasteiger partial charge in [0.1, 0.15) is 0 Å². The van der Waals surface area contributed by atoms with Crippen molar-refractivity contribution in [2.24, 2.45) is 5.92 Å². The van der Waals surface area contributed by atoms with Gasteiger partial charge in [-0.15, -0.1) is 0 Å². The van der Waals surface area contributed by atoms with Crippen LogP contribution in [0.4, 0.5) is 0 Å². The van der Waals surface area contributed by atoms with Crippen LogP contribution in [0.1, 0.15) is 25.7 Å². The molecular weight excluding hydrogens is 248 g/mol. The van der Waals surface area contributed by atoms with E-state index < -0.39 is 0 Å². The van der Waals surface area contributed by atoms with E-state index in [-0.39, 0.29) is 6.10 Å². The molecule has 19 heavy (non-hydrogen) atoms. The van der Waals surface area contributed by atoms with E-state index in [1.807, 2.05) is 0 Å². The number of hydrogen-bond donors (Lipinski definition) is 1. The van der Waals surface area contributed by atoms with Crippen molar-refractivity contribution in [3.63, 3.8) is 0 Å². The van der Waals surface area contributed by atoms with Gasteiger partial charge in [0.15, 0.2) is 0 Å². The summed E-state index contributed by atoms with van der Waals surface area (Å²) >= 11 is 0. The average Bonchev–Trinajstić information content (AvgIpc) is 2.41. The Balaban J connectivity index is 1.78. The van der Waals surface area contributed by atoms with Gasteiger partial charge in [-0.25, -0.2) is 0 Å². The molecule has 114 valence electrons. The highest BCUT2D eigenvalue weighted by Crippen LogP contribution is 2.24. The van der Waals surface area contributed by atoms with E-state index in [1.54, 1.807) is 7.11 Å².